The van der Waals surface area contributed by atoms with Crippen LogP contribution >= 0.6 is 0 Å². The number of aliphatic hydroxyl groups excluding tert-OH is 1. The molecule has 0 spiro atoms. The van der Waals surface area contributed by atoms with Gasteiger partial charge in [-0.3, -0.25) is 9.59 Å². The first-order valence-corrected chi connectivity index (χ1v) is 13.8. The molecule has 5 rings (SSSR count). The van der Waals surface area contributed by atoms with Crippen LogP contribution in [0.3, 0.4) is 0 Å². The van der Waals surface area contributed by atoms with Gasteiger partial charge in [-0.05, 0) is 104 Å². The quantitative estimate of drug-likeness (QED) is 0.457. The number of Topliss-reactive ketones (excluding diaryl/α,β-unsaturated/α-hetero) is 1. The van der Waals surface area contributed by atoms with E-state index in [0.29, 0.717) is 18.3 Å². The molecule has 0 aliphatic heterocycles. The molecule has 2 N–H and O–H groups in total. The third-order valence-electron chi connectivity index (χ3n) is 13.2. The molecule has 0 aromatic rings. The molecule has 0 radical (unpaired) electrons. The maximum atomic E-state index is 13.0. The Hall–Kier alpha value is -1.16. The standard InChI is InChI=1S/C30H46O4/c1-25-13-14-26(2,24(33)34)17-20(25)19-7-8-22-27(3)11-10-23(32)28(4,18-31)21(27)9-12-30(22,6)29(19,5)16-15-25/h7,20-22,31H,8-18H2,1-6H3,(H,33,34). The van der Waals surface area contributed by atoms with Gasteiger partial charge in [-0.15, -0.1) is 0 Å². The van der Waals surface area contributed by atoms with E-state index in [1.54, 1.807) is 5.57 Å². The molecule has 9 atom stereocenters. The summed E-state index contributed by atoms with van der Waals surface area (Å²) in [6.45, 7) is 13.8. The van der Waals surface area contributed by atoms with Gasteiger partial charge in [0.2, 0.25) is 0 Å². The van der Waals surface area contributed by atoms with Crippen molar-refractivity contribution in [2.75, 3.05) is 6.61 Å². The van der Waals surface area contributed by atoms with Gasteiger partial charge in [0.15, 0.2) is 0 Å². The van der Waals surface area contributed by atoms with Crippen LogP contribution in [0.4, 0.5) is 0 Å². The number of carbonyl (C=O) groups is 2. The minimum Gasteiger partial charge on any atom is -0.481 e. The molecule has 4 fully saturated rings. The van der Waals surface area contributed by atoms with Crippen molar-refractivity contribution in [3.05, 3.63) is 11.6 Å². The predicted molar refractivity (Wildman–Crippen MR) is 133 cm³/mol. The summed E-state index contributed by atoms with van der Waals surface area (Å²) in [5.41, 5.74) is 0.781. The lowest BCUT2D eigenvalue weighted by Gasteiger charge is -2.70. The highest BCUT2D eigenvalue weighted by molar-refractivity contribution is 5.86. The summed E-state index contributed by atoms with van der Waals surface area (Å²) >= 11 is 0. The van der Waals surface area contributed by atoms with Gasteiger partial charge >= 0.3 is 5.97 Å². The number of rotatable bonds is 2. The Balaban J connectivity index is 1.57. The molecular weight excluding hydrogens is 424 g/mol. The molecule has 4 nitrogen and oxygen atoms in total. The van der Waals surface area contributed by atoms with Crippen molar-refractivity contribution in [1.29, 1.82) is 0 Å². The molecular formula is C30H46O4. The van der Waals surface area contributed by atoms with Gasteiger partial charge in [0.05, 0.1) is 17.4 Å². The van der Waals surface area contributed by atoms with Gasteiger partial charge in [-0.1, -0.05) is 46.3 Å². The van der Waals surface area contributed by atoms with E-state index >= 15 is 0 Å². The minimum absolute atomic E-state index is 0.0396. The molecule has 9 unspecified atom stereocenters. The lowest BCUT2D eigenvalue weighted by atomic mass is 9.33. The fraction of sp³-hybridized carbons (Fsp3) is 0.867. The molecule has 5 aliphatic rings. The number of hydrogen-bond acceptors (Lipinski definition) is 3. The van der Waals surface area contributed by atoms with E-state index in [0.717, 1.165) is 44.9 Å². The Labute approximate surface area is 206 Å². The maximum Gasteiger partial charge on any atom is 0.309 e. The Morgan fingerprint density at radius 2 is 1.65 bits per heavy atom. The predicted octanol–water partition coefficient (Wildman–Crippen LogP) is 6.41. The normalized spacial score (nSPS) is 54.7. The highest BCUT2D eigenvalue weighted by Crippen LogP contribution is 2.75. The van der Waals surface area contributed by atoms with E-state index in [9.17, 15) is 19.8 Å². The zero-order valence-corrected chi connectivity index (χ0v) is 22.3. The van der Waals surface area contributed by atoms with Crippen LogP contribution in [-0.4, -0.2) is 28.6 Å². The third kappa shape index (κ3) is 2.81. The van der Waals surface area contributed by atoms with Crippen LogP contribution < -0.4 is 0 Å². The van der Waals surface area contributed by atoms with E-state index < -0.39 is 16.8 Å². The zero-order chi connectivity index (χ0) is 24.9. The van der Waals surface area contributed by atoms with Gasteiger partial charge in [0.1, 0.15) is 5.78 Å². The molecule has 0 heterocycles. The first-order chi connectivity index (χ1) is 15.7. The van der Waals surface area contributed by atoms with Crippen LogP contribution in [0.25, 0.3) is 0 Å². The molecule has 0 aromatic heterocycles. The first-order valence-electron chi connectivity index (χ1n) is 13.8. The summed E-state index contributed by atoms with van der Waals surface area (Å²) in [7, 11) is 0. The van der Waals surface area contributed by atoms with Gasteiger partial charge in [-0.2, -0.15) is 0 Å². The largest absolute Gasteiger partial charge is 0.481 e. The van der Waals surface area contributed by atoms with Crippen molar-refractivity contribution in [3.8, 4) is 0 Å². The topological polar surface area (TPSA) is 74.6 Å². The zero-order valence-electron chi connectivity index (χ0n) is 22.3. The number of aliphatic hydroxyl groups is 1. The van der Waals surface area contributed by atoms with Gasteiger partial charge in [-0.25, -0.2) is 0 Å². The van der Waals surface area contributed by atoms with Crippen LogP contribution in [0.5, 0.6) is 0 Å². The van der Waals surface area contributed by atoms with Crippen LogP contribution in [0.1, 0.15) is 106 Å². The van der Waals surface area contributed by atoms with Crippen LogP contribution in [0.2, 0.25) is 0 Å². The van der Waals surface area contributed by atoms with Crippen LogP contribution in [0.15, 0.2) is 11.6 Å². The average molecular weight is 471 g/mol. The Kier molecular flexibility index (Phi) is 5.20. The van der Waals surface area contributed by atoms with E-state index in [1.165, 1.54) is 12.8 Å². The van der Waals surface area contributed by atoms with Crippen molar-refractivity contribution in [2.24, 2.45) is 50.2 Å². The molecule has 0 bridgehead atoms. The summed E-state index contributed by atoms with van der Waals surface area (Å²) in [4.78, 5) is 25.2. The number of hydrogen-bond donors (Lipinski definition) is 2. The number of aliphatic carboxylic acids is 1. The summed E-state index contributed by atoms with van der Waals surface area (Å²) in [6, 6.07) is 0. The van der Waals surface area contributed by atoms with E-state index in [-0.39, 0.29) is 40.0 Å². The monoisotopic (exact) mass is 470 g/mol. The van der Waals surface area contributed by atoms with E-state index in [2.05, 4.69) is 33.8 Å². The highest BCUT2D eigenvalue weighted by Gasteiger charge is 2.68. The Morgan fingerprint density at radius 1 is 0.971 bits per heavy atom. The number of carboxylic acid groups (broad SMARTS) is 1. The number of carboxylic acids is 1. The van der Waals surface area contributed by atoms with Crippen molar-refractivity contribution in [1.82, 2.24) is 0 Å². The second-order valence-corrected chi connectivity index (χ2v) is 14.6. The Bertz CT molecular complexity index is 953. The van der Waals surface area contributed by atoms with Crippen molar-refractivity contribution in [3.63, 3.8) is 0 Å². The molecule has 5 aliphatic carbocycles. The SMILES string of the molecule is CC1(C(=O)O)CCC2(C)CCC3(C)C(=CCC4C5(C)CCC(=O)C(C)(CO)C5CCC43C)C2C1. The molecule has 0 aromatic carbocycles. The summed E-state index contributed by atoms with van der Waals surface area (Å²) in [5.74, 6) is 0.695. The molecule has 34 heavy (non-hydrogen) atoms. The second-order valence-electron chi connectivity index (χ2n) is 14.6. The van der Waals surface area contributed by atoms with Crippen molar-refractivity contribution in [2.45, 2.75) is 106 Å². The molecule has 4 saturated carbocycles. The molecule has 190 valence electrons. The van der Waals surface area contributed by atoms with Gasteiger partial charge in [0.25, 0.3) is 0 Å². The highest BCUT2D eigenvalue weighted by atomic mass is 16.4. The van der Waals surface area contributed by atoms with Crippen molar-refractivity contribution < 1.29 is 19.8 Å². The molecule has 0 saturated heterocycles. The van der Waals surface area contributed by atoms with E-state index in [1.807, 2.05) is 13.8 Å². The number of fused-ring (bicyclic) bond motifs is 7. The number of carbonyl (C=O) groups excluding carboxylic acids is 1. The summed E-state index contributed by atoms with van der Waals surface area (Å²) in [6.07, 6.45) is 12.1. The second kappa shape index (κ2) is 7.20. The maximum absolute atomic E-state index is 13.0. The Morgan fingerprint density at radius 3 is 2.29 bits per heavy atom. The third-order valence-corrected chi connectivity index (χ3v) is 13.2. The van der Waals surface area contributed by atoms with Crippen LogP contribution in [-0.2, 0) is 9.59 Å². The molecule has 0 amide bonds. The fourth-order valence-corrected chi connectivity index (χ4v) is 10.4. The van der Waals surface area contributed by atoms with Crippen molar-refractivity contribution >= 4 is 11.8 Å². The van der Waals surface area contributed by atoms with E-state index in [4.69, 9.17) is 0 Å². The lowest BCUT2D eigenvalue weighted by molar-refractivity contribution is -0.192. The summed E-state index contributed by atoms with van der Waals surface area (Å²) < 4.78 is 0. The molecule has 4 heteroatoms. The average Bonchev–Trinajstić information content (AvgIpc) is 2.78. The van der Waals surface area contributed by atoms with Gasteiger partial charge < -0.3 is 10.2 Å². The lowest BCUT2D eigenvalue weighted by Crippen LogP contribution is -2.65. The summed E-state index contributed by atoms with van der Waals surface area (Å²) in [5, 5.41) is 20.4. The minimum atomic E-state index is -0.634. The fourth-order valence-electron chi connectivity index (χ4n) is 10.4. The van der Waals surface area contributed by atoms with Crippen LogP contribution in [0, 0.1) is 50.2 Å². The van der Waals surface area contributed by atoms with Gasteiger partial charge in [0, 0.05) is 6.42 Å². The first kappa shape index (κ1) is 24.5. The number of ketones is 1. The smallest absolute Gasteiger partial charge is 0.309 e. The number of allylic oxidation sites excluding steroid dienone is 2.